The summed E-state index contributed by atoms with van der Waals surface area (Å²) in [7, 11) is 0. The summed E-state index contributed by atoms with van der Waals surface area (Å²) >= 11 is 1.28. The third-order valence-electron chi connectivity index (χ3n) is 4.41. The van der Waals surface area contributed by atoms with Crippen LogP contribution < -0.4 is 9.47 Å². The molecular weight excluding hydrogens is 416 g/mol. The van der Waals surface area contributed by atoms with Crippen molar-refractivity contribution in [3.05, 3.63) is 58.5 Å². The first-order valence-electron chi connectivity index (χ1n) is 9.99. The van der Waals surface area contributed by atoms with Gasteiger partial charge in [0.25, 0.3) is 5.91 Å². The highest BCUT2D eigenvalue weighted by atomic mass is 32.2. The van der Waals surface area contributed by atoms with Gasteiger partial charge in [-0.05, 0) is 80.6 Å². The smallest absolute Gasteiger partial charge is 0.335 e. The number of hydrogen-bond donors (Lipinski definition) is 1. The van der Waals surface area contributed by atoms with Crippen molar-refractivity contribution in [1.82, 2.24) is 4.90 Å². The topological polar surface area (TPSA) is 88.4 Å². The fourth-order valence-corrected chi connectivity index (χ4v) is 4.03. The minimum Gasteiger partial charge on any atom is -0.490 e. The number of amidine groups is 1. The Balaban J connectivity index is 1.89. The van der Waals surface area contributed by atoms with Crippen molar-refractivity contribution in [2.75, 3.05) is 19.8 Å². The number of ether oxygens (including phenoxy) is 2. The van der Waals surface area contributed by atoms with E-state index in [1.807, 2.05) is 45.0 Å². The Kier molecular flexibility index (Phi) is 7.36. The molecule has 1 amide bonds. The summed E-state index contributed by atoms with van der Waals surface area (Å²) in [6.45, 7) is 7.22. The number of amides is 1. The molecule has 0 bridgehead atoms. The molecule has 0 aromatic heterocycles. The average Bonchev–Trinajstić information content (AvgIpc) is 3.04. The lowest BCUT2D eigenvalue weighted by Gasteiger charge is -2.12. The number of aliphatic imine (C=N–C) groups is 1. The van der Waals surface area contributed by atoms with Gasteiger partial charge in [-0.2, -0.15) is 0 Å². The number of carboxylic acid groups (broad SMARTS) is 1. The van der Waals surface area contributed by atoms with Crippen molar-refractivity contribution >= 4 is 40.6 Å². The molecule has 1 fully saturated rings. The molecular formula is C23H24N2O5S. The van der Waals surface area contributed by atoms with Crippen LogP contribution in [0.4, 0.5) is 5.69 Å². The molecule has 2 aromatic carbocycles. The second kappa shape index (κ2) is 10.2. The fraction of sp³-hybridized carbons (Fsp3) is 0.261. The van der Waals surface area contributed by atoms with Gasteiger partial charge in [-0.3, -0.25) is 9.69 Å². The van der Waals surface area contributed by atoms with E-state index < -0.39 is 5.97 Å². The zero-order valence-corrected chi connectivity index (χ0v) is 18.4. The van der Waals surface area contributed by atoms with Crippen LogP contribution in [-0.4, -0.2) is 46.8 Å². The van der Waals surface area contributed by atoms with Crippen LogP contribution in [-0.2, 0) is 4.79 Å². The van der Waals surface area contributed by atoms with E-state index in [2.05, 4.69) is 4.99 Å². The number of thioether (sulfide) groups is 1. The van der Waals surface area contributed by atoms with Gasteiger partial charge >= 0.3 is 5.97 Å². The number of carboxylic acids is 1. The standard InChI is InChI=1S/C23H24N2O5S/c1-4-25-21(26)20(14-15-7-12-18(29-5-2)19(13-15)30-6-3)31-23(25)24-17-10-8-16(9-11-17)22(27)28/h7-14H,4-6H2,1-3H3,(H,27,28)/b20-14+,24-23?. The van der Waals surface area contributed by atoms with E-state index in [1.165, 1.54) is 23.9 Å². The number of nitrogens with zero attached hydrogens (tertiary/aromatic N) is 2. The Morgan fingerprint density at radius 1 is 1.06 bits per heavy atom. The van der Waals surface area contributed by atoms with E-state index in [4.69, 9.17) is 14.6 Å². The Bertz CT molecular complexity index is 1030. The molecule has 0 radical (unpaired) electrons. The molecule has 31 heavy (non-hydrogen) atoms. The minimum atomic E-state index is -0.994. The van der Waals surface area contributed by atoms with Crippen LogP contribution in [0, 0.1) is 0 Å². The van der Waals surface area contributed by atoms with Crippen molar-refractivity contribution in [1.29, 1.82) is 0 Å². The van der Waals surface area contributed by atoms with Gasteiger partial charge in [0.2, 0.25) is 0 Å². The first-order valence-corrected chi connectivity index (χ1v) is 10.8. The molecule has 0 atom stereocenters. The molecule has 0 saturated carbocycles. The number of benzene rings is 2. The lowest BCUT2D eigenvalue weighted by atomic mass is 10.2. The van der Waals surface area contributed by atoms with E-state index in [-0.39, 0.29) is 11.5 Å². The van der Waals surface area contributed by atoms with Gasteiger partial charge in [-0.15, -0.1) is 0 Å². The number of hydrogen-bond acceptors (Lipinski definition) is 6. The summed E-state index contributed by atoms with van der Waals surface area (Å²) in [5.41, 5.74) is 1.60. The SMILES string of the molecule is CCOc1ccc(/C=C2/SC(=Nc3ccc(C(=O)O)cc3)N(CC)C2=O)cc1OCC. The van der Waals surface area contributed by atoms with Gasteiger partial charge in [-0.1, -0.05) is 6.07 Å². The predicted octanol–water partition coefficient (Wildman–Crippen LogP) is 4.81. The molecule has 1 N–H and O–H groups in total. The highest BCUT2D eigenvalue weighted by molar-refractivity contribution is 8.18. The molecule has 0 unspecified atom stereocenters. The lowest BCUT2D eigenvalue weighted by molar-refractivity contribution is -0.122. The molecule has 8 heteroatoms. The summed E-state index contributed by atoms with van der Waals surface area (Å²) in [5, 5.41) is 9.59. The number of aromatic carboxylic acids is 1. The lowest BCUT2D eigenvalue weighted by Crippen LogP contribution is -2.28. The molecule has 1 saturated heterocycles. The quantitative estimate of drug-likeness (QED) is 0.593. The van der Waals surface area contributed by atoms with Crippen LogP contribution in [0.25, 0.3) is 6.08 Å². The number of rotatable bonds is 8. The van der Waals surface area contributed by atoms with Crippen LogP contribution in [0.15, 0.2) is 52.4 Å². The van der Waals surface area contributed by atoms with Crippen molar-refractivity contribution in [2.45, 2.75) is 20.8 Å². The minimum absolute atomic E-state index is 0.125. The van der Waals surface area contributed by atoms with Crippen LogP contribution in [0.1, 0.15) is 36.7 Å². The van der Waals surface area contributed by atoms with Gasteiger partial charge < -0.3 is 14.6 Å². The normalized spacial score (nSPS) is 16.2. The third-order valence-corrected chi connectivity index (χ3v) is 5.42. The highest BCUT2D eigenvalue weighted by Gasteiger charge is 2.32. The first-order chi connectivity index (χ1) is 15.0. The van der Waals surface area contributed by atoms with E-state index in [0.29, 0.717) is 47.0 Å². The monoisotopic (exact) mass is 440 g/mol. The maximum absolute atomic E-state index is 12.9. The number of likely N-dealkylation sites (N-methyl/N-ethyl adjacent to an activating group) is 1. The van der Waals surface area contributed by atoms with Gasteiger partial charge in [0, 0.05) is 6.54 Å². The van der Waals surface area contributed by atoms with Crippen molar-refractivity contribution in [2.24, 2.45) is 4.99 Å². The number of carbonyl (C=O) groups is 2. The zero-order chi connectivity index (χ0) is 22.4. The summed E-state index contributed by atoms with van der Waals surface area (Å²) in [4.78, 5) is 30.6. The van der Waals surface area contributed by atoms with Crippen LogP contribution >= 0.6 is 11.8 Å². The van der Waals surface area contributed by atoms with Crippen molar-refractivity contribution < 1.29 is 24.2 Å². The maximum atomic E-state index is 12.9. The summed E-state index contributed by atoms with van der Waals surface area (Å²) in [5.74, 6) is 0.181. The van der Waals surface area contributed by atoms with Gasteiger partial charge in [0.1, 0.15) is 0 Å². The average molecular weight is 441 g/mol. The molecule has 1 heterocycles. The molecule has 1 aliphatic rings. The van der Waals surface area contributed by atoms with E-state index in [1.54, 1.807) is 17.0 Å². The van der Waals surface area contributed by atoms with Crippen LogP contribution in [0.5, 0.6) is 11.5 Å². The van der Waals surface area contributed by atoms with Gasteiger partial charge in [0.05, 0.1) is 29.4 Å². The number of carbonyl (C=O) groups excluding carboxylic acids is 1. The predicted molar refractivity (Wildman–Crippen MR) is 122 cm³/mol. The zero-order valence-electron chi connectivity index (χ0n) is 17.6. The molecule has 0 aliphatic carbocycles. The summed E-state index contributed by atoms with van der Waals surface area (Å²) in [6, 6.07) is 11.8. The maximum Gasteiger partial charge on any atom is 0.335 e. The fourth-order valence-electron chi connectivity index (χ4n) is 2.97. The summed E-state index contributed by atoms with van der Waals surface area (Å²) < 4.78 is 11.3. The second-order valence-corrected chi connectivity index (χ2v) is 7.49. The molecule has 0 spiro atoms. The molecule has 2 aromatic rings. The molecule has 162 valence electrons. The Hall–Kier alpha value is -3.26. The van der Waals surface area contributed by atoms with E-state index in [0.717, 1.165) is 5.56 Å². The molecule has 7 nitrogen and oxygen atoms in total. The van der Waals surface area contributed by atoms with E-state index in [9.17, 15) is 9.59 Å². The van der Waals surface area contributed by atoms with E-state index >= 15 is 0 Å². The van der Waals surface area contributed by atoms with Crippen LogP contribution in [0.3, 0.4) is 0 Å². The highest BCUT2D eigenvalue weighted by Crippen LogP contribution is 2.35. The van der Waals surface area contributed by atoms with Gasteiger partial charge in [0.15, 0.2) is 16.7 Å². The Labute approximate surface area is 185 Å². The largest absolute Gasteiger partial charge is 0.490 e. The van der Waals surface area contributed by atoms with Gasteiger partial charge in [-0.25, -0.2) is 9.79 Å². The summed E-state index contributed by atoms with van der Waals surface area (Å²) in [6.07, 6.45) is 1.81. The van der Waals surface area contributed by atoms with Crippen molar-refractivity contribution in [3.8, 4) is 11.5 Å². The third kappa shape index (κ3) is 5.27. The molecule has 1 aliphatic heterocycles. The second-order valence-electron chi connectivity index (χ2n) is 6.48. The Morgan fingerprint density at radius 3 is 2.35 bits per heavy atom. The molecule has 3 rings (SSSR count). The van der Waals surface area contributed by atoms with Crippen molar-refractivity contribution in [3.63, 3.8) is 0 Å². The first kappa shape index (κ1) is 22.4. The van der Waals surface area contributed by atoms with Crippen LogP contribution in [0.2, 0.25) is 0 Å². The Morgan fingerprint density at radius 2 is 1.74 bits per heavy atom.